The van der Waals surface area contributed by atoms with Crippen LogP contribution in [0.25, 0.3) is 0 Å². The summed E-state index contributed by atoms with van der Waals surface area (Å²) < 4.78 is 39.9. The number of ether oxygens (including phenoxy) is 2. The fourth-order valence-corrected chi connectivity index (χ4v) is 3.30. The van der Waals surface area contributed by atoms with E-state index in [9.17, 15) is 8.42 Å². The molecule has 1 unspecified atom stereocenters. The number of benzene rings is 1. The molecule has 1 aromatic rings. The fraction of sp³-hybridized carbons (Fsp3) is 0.700. The minimum atomic E-state index is -3.82. The van der Waals surface area contributed by atoms with Gasteiger partial charge in [-0.1, -0.05) is 51.2 Å². The molecule has 1 aromatic carbocycles. The molecule has 1 radical (unpaired) electrons. The van der Waals surface area contributed by atoms with Gasteiger partial charge in [-0.3, -0.25) is 0 Å². The SMILES string of the molecule is CCCCCCCCc1ccc(OS(=O)(=O)C(C)OCCOCC)cc1.[Na]. The molecule has 7 heteroatoms. The Morgan fingerprint density at radius 2 is 1.56 bits per heavy atom. The van der Waals surface area contributed by atoms with Gasteiger partial charge in [0.05, 0.1) is 13.2 Å². The number of hydrogen-bond donors (Lipinski definition) is 0. The van der Waals surface area contributed by atoms with E-state index in [1.807, 2.05) is 19.1 Å². The Hall–Kier alpha value is -0.110. The van der Waals surface area contributed by atoms with Crippen LogP contribution in [0.5, 0.6) is 5.75 Å². The van der Waals surface area contributed by atoms with Crippen molar-refractivity contribution in [3.63, 3.8) is 0 Å². The minimum Gasteiger partial charge on any atom is -0.381 e. The van der Waals surface area contributed by atoms with E-state index in [2.05, 4.69) is 6.92 Å². The maximum atomic E-state index is 12.2. The van der Waals surface area contributed by atoms with E-state index in [0.29, 0.717) is 19.0 Å². The van der Waals surface area contributed by atoms with Crippen molar-refractivity contribution in [1.29, 1.82) is 0 Å². The van der Waals surface area contributed by atoms with Crippen molar-refractivity contribution >= 4 is 39.7 Å². The smallest absolute Gasteiger partial charge is 0.336 e. The molecule has 0 fully saturated rings. The molecule has 151 valence electrons. The molecular formula is C20H34NaO5S. The van der Waals surface area contributed by atoms with Gasteiger partial charge in [-0.2, -0.15) is 8.42 Å². The molecule has 1 atom stereocenters. The predicted molar refractivity (Wildman–Crippen MR) is 111 cm³/mol. The van der Waals surface area contributed by atoms with Crippen LogP contribution in [0.15, 0.2) is 24.3 Å². The standard InChI is InChI=1S/C20H34O5S.Na/c1-4-6-7-8-9-10-11-19-12-14-20(15-13-19)25-26(21,22)18(3)24-17-16-23-5-2;/h12-15,18H,4-11,16-17H2,1-3H3;. The van der Waals surface area contributed by atoms with Gasteiger partial charge in [0.15, 0.2) is 5.44 Å². The van der Waals surface area contributed by atoms with E-state index in [4.69, 9.17) is 13.7 Å². The number of rotatable bonds is 15. The zero-order valence-electron chi connectivity index (χ0n) is 17.4. The van der Waals surface area contributed by atoms with Gasteiger partial charge in [0.25, 0.3) is 0 Å². The molecule has 0 spiro atoms. The Kier molecular flexibility index (Phi) is 15.7. The molecule has 0 aliphatic carbocycles. The van der Waals surface area contributed by atoms with Gasteiger partial charge in [-0.25, -0.2) is 0 Å². The average molecular weight is 410 g/mol. The summed E-state index contributed by atoms with van der Waals surface area (Å²) in [6.07, 6.45) is 8.58. The molecule has 0 aliphatic heterocycles. The minimum absolute atomic E-state index is 0. The summed E-state index contributed by atoms with van der Waals surface area (Å²) in [7, 11) is -3.82. The number of unbranched alkanes of at least 4 members (excludes halogenated alkanes) is 5. The van der Waals surface area contributed by atoms with Crippen LogP contribution in [0.3, 0.4) is 0 Å². The van der Waals surface area contributed by atoms with E-state index >= 15 is 0 Å². The van der Waals surface area contributed by atoms with Crippen molar-refractivity contribution in [3.8, 4) is 5.75 Å². The van der Waals surface area contributed by atoms with Crippen molar-refractivity contribution in [2.24, 2.45) is 0 Å². The van der Waals surface area contributed by atoms with Crippen molar-refractivity contribution in [2.75, 3.05) is 19.8 Å². The summed E-state index contributed by atoms with van der Waals surface area (Å²) >= 11 is 0. The van der Waals surface area contributed by atoms with Crippen LogP contribution in [0.2, 0.25) is 0 Å². The molecule has 5 nitrogen and oxygen atoms in total. The summed E-state index contributed by atoms with van der Waals surface area (Å²) in [5.74, 6) is 0.317. The predicted octanol–water partition coefficient (Wildman–Crippen LogP) is 4.32. The summed E-state index contributed by atoms with van der Waals surface area (Å²) in [6.45, 7) is 6.72. The normalized spacial score (nSPS) is 12.4. The molecule has 0 bridgehead atoms. The summed E-state index contributed by atoms with van der Waals surface area (Å²) in [5.41, 5.74) is 0.164. The Morgan fingerprint density at radius 1 is 0.926 bits per heavy atom. The van der Waals surface area contributed by atoms with Gasteiger partial charge in [0.1, 0.15) is 5.75 Å². The molecular weight excluding hydrogens is 375 g/mol. The first-order chi connectivity index (χ1) is 12.5. The molecule has 27 heavy (non-hydrogen) atoms. The van der Waals surface area contributed by atoms with E-state index < -0.39 is 15.6 Å². The van der Waals surface area contributed by atoms with Crippen LogP contribution in [0, 0.1) is 0 Å². The molecule has 0 aliphatic rings. The Balaban J connectivity index is 0.00000676. The van der Waals surface area contributed by atoms with Gasteiger partial charge in [-0.05, 0) is 44.4 Å². The Labute approximate surface area is 187 Å². The van der Waals surface area contributed by atoms with Gasteiger partial charge >= 0.3 is 10.1 Å². The first-order valence-electron chi connectivity index (χ1n) is 9.71. The van der Waals surface area contributed by atoms with Gasteiger partial charge in [0.2, 0.25) is 0 Å². The van der Waals surface area contributed by atoms with Crippen LogP contribution < -0.4 is 4.18 Å². The maximum Gasteiger partial charge on any atom is 0.336 e. The second-order valence-corrected chi connectivity index (χ2v) is 8.19. The van der Waals surface area contributed by atoms with Crippen molar-refractivity contribution in [1.82, 2.24) is 0 Å². The maximum absolute atomic E-state index is 12.2. The molecule has 0 heterocycles. The third kappa shape index (κ3) is 12.1. The second kappa shape index (κ2) is 15.8. The van der Waals surface area contributed by atoms with Gasteiger partial charge in [0, 0.05) is 36.2 Å². The van der Waals surface area contributed by atoms with Crippen LogP contribution in [0.1, 0.15) is 64.9 Å². The summed E-state index contributed by atoms with van der Waals surface area (Å²) in [5, 5.41) is 0. The number of hydrogen-bond acceptors (Lipinski definition) is 5. The molecule has 0 saturated heterocycles. The summed E-state index contributed by atoms with van der Waals surface area (Å²) in [4.78, 5) is 0. The number of aryl methyl sites for hydroxylation is 1. The average Bonchev–Trinajstić information content (AvgIpc) is 2.62. The molecule has 0 aromatic heterocycles. The first-order valence-corrected chi connectivity index (χ1v) is 11.2. The quantitative estimate of drug-likeness (QED) is 0.245. The molecule has 0 N–H and O–H groups in total. The topological polar surface area (TPSA) is 61.8 Å². The van der Waals surface area contributed by atoms with E-state index in [-0.39, 0.29) is 36.2 Å². The van der Waals surface area contributed by atoms with Gasteiger partial charge < -0.3 is 13.7 Å². The molecule has 1 rings (SSSR count). The third-order valence-electron chi connectivity index (χ3n) is 4.15. The van der Waals surface area contributed by atoms with Crippen molar-refractivity contribution in [3.05, 3.63) is 29.8 Å². The van der Waals surface area contributed by atoms with E-state index in [1.165, 1.54) is 44.6 Å². The summed E-state index contributed by atoms with van der Waals surface area (Å²) in [6, 6.07) is 7.27. The zero-order chi connectivity index (χ0) is 19.3. The molecule has 0 saturated carbocycles. The third-order valence-corrected chi connectivity index (χ3v) is 5.52. The first kappa shape index (κ1) is 26.9. The fourth-order valence-electron chi connectivity index (χ4n) is 2.52. The van der Waals surface area contributed by atoms with E-state index in [1.54, 1.807) is 12.1 Å². The van der Waals surface area contributed by atoms with Crippen LogP contribution in [0.4, 0.5) is 0 Å². The van der Waals surface area contributed by atoms with E-state index in [0.717, 1.165) is 12.8 Å². The largest absolute Gasteiger partial charge is 0.381 e. The molecule has 0 amide bonds. The zero-order valence-corrected chi connectivity index (χ0v) is 20.2. The van der Waals surface area contributed by atoms with Crippen LogP contribution in [-0.2, 0) is 26.0 Å². The van der Waals surface area contributed by atoms with Crippen LogP contribution in [-0.4, -0.2) is 63.2 Å². The Bertz CT molecular complexity index is 575. The monoisotopic (exact) mass is 409 g/mol. The Morgan fingerprint density at radius 3 is 2.19 bits per heavy atom. The van der Waals surface area contributed by atoms with Crippen molar-refractivity contribution < 1.29 is 22.1 Å². The van der Waals surface area contributed by atoms with Crippen molar-refractivity contribution in [2.45, 2.75) is 71.2 Å². The van der Waals surface area contributed by atoms with Gasteiger partial charge in [-0.15, -0.1) is 0 Å². The second-order valence-electron chi connectivity index (χ2n) is 6.37. The van der Waals surface area contributed by atoms with Crippen LogP contribution >= 0.6 is 0 Å².